The Balaban J connectivity index is 1.51. The molecule has 0 aromatic heterocycles. The molecule has 0 saturated carbocycles. The van der Waals surface area contributed by atoms with Crippen LogP contribution in [0.3, 0.4) is 0 Å². The minimum absolute atomic E-state index is 0.0374. The molecule has 2 aromatic rings. The first kappa shape index (κ1) is 23.3. The highest BCUT2D eigenvalue weighted by Gasteiger charge is 2.29. The Morgan fingerprint density at radius 3 is 2.19 bits per heavy atom. The van der Waals surface area contributed by atoms with Crippen molar-refractivity contribution < 1.29 is 29.0 Å². The van der Waals surface area contributed by atoms with Gasteiger partial charge < -0.3 is 25.2 Å². The molecule has 0 heterocycles. The molecule has 0 bridgehead atoms. The van der Waals surface area contributed by atoms with Crippen molar-refractivity contribution >= 4 is 18.0 Å². The van der Waals surface area contributed by atoms with Crippen molar-refractivity contribution in [2.45, 2.75) is 38.3 Å². The van der Waals surface area contributed by atoms with Crippen LogP contribution in [0, 0.1) is 0 Å². The molecule has 0 radical (unpaired) electrons. The SMILES string of the molecule is CCOC(CNC(=O)[C@@H](C)NC(=O)OCC1c2ccccc2-c2ccccc21)CC(=O)O. The van der Waals surface area contributed by atoms with Gasteiger partial charge in [-0.25, -0.2) is 4.79 Å². The van der Waals surface area contributed by atoms with Crippen LogP contribution in [0.25, 0.3) is 11.1 Å². The molecule has 170 valence electrons. The van der Waals surface area contributed by atoms with Gasteiger partial charge in [0.1, 0.15) is 12.6 Å². The summed E-state index contributed by atoms with van der Waals surface area (Å²) in [6.45, 7) is 3.80. The van der Waals surface area contributed by atoms with E-state index in [9.17, 15) is 14.4 Å². The lowest BCUT2D eigenvalue weighted by atomic mass is 9.98. The molecular formula is C24H28N2O6. The molecule has 1 aliphatic rings. The average molecular weight is 440 g/mol. The lowest BCUT2D eigenvalue weighted by molar-refractivity contribution is -0.140. The Labute approximate surface area is 186 Å². The van der Waals surface area contributed by atoms with Gasteiger partial charge in [0, 0.05) is 19.1 Å². The van der Waals surface area contributed by atoms with E-state index in [2.05, 4.69) is 22.8 Å². The third-order valence-corrected chi connectivity index (χ3v) is 5.38. The molecule has 2 aromatic carbocycles. The Hall–Kier alpha value is -3.39. The van der Waals surface area contributed by atoms with Crippen molar-refractivity contribution in [2.75, 3.05) is 19.8 Å². The average Bonchev–Trinajstić information content (AvgIpc) is 3.09. The molecule has 0 fully saturated rings. The zero-order valence-electron chi connectivity index (χ0n) is 18.2. The summed E-state index contributed by atoms with van der Waals surface area (Å²) >= 11 is 0. The molecule has 0 aliphatic heterocycles. The van der Waals surface area contributed by atoms with Crippen molar-refractivity contribution in [1.29, 1.82) is 0 Å². The van der Waals surface area contributed by atoms with Crippen LogP contribution in [0.4, 0.5) is 4.79 Å². The Morgan fingerprint density at radius 1 is 1.03 bits per heavy atom. The monoisotopic (exact) mass is 440 g/mol. The predicted octanol–water partition coefficient (Wildman–Crippen LogP) is 2.91. The fourth-order valence-corrected chi connectivity index (χ4v) is 3.87. The zero-order chi connectivity index (χ0) is 23.1. The van der Waals surface area contributed by atoms with Crippen molar-refractivity contribution in [3.05, 3.63) is 59.7 Å². The van der Waals surface area contributed by atoms with Crippen molar-refractivity contribution in [3.8, 4) is 11.1 Å². The maximum atomic E-state index is 12.3. The second-order valence-electron chi connectivity index (χ2n) is 7.61. The summed E-state index contributed by atoms with van der Waals surface area (Å²) in [6, 6.07) is 15.2. The lowest BCUT2D eigenvalue weighted by Crippen LogP contribution is -2.47. The highest BCUT2D eigenvalue weighted by molar-refractivity contribution is 5.85. The molecule has 0 spiro atoms. The number of carboxylic acid groups (broad SMARTS) is 1. The van der Waals surface area contributed by atoms with E-state index in [1.165, 1.54) is 6.92 Å². The fraction of sp³-hybridized carbons (Fsp3) is 0.375. The van der Waals surface area contributed by atoms with Gasteiger partial charge in [0.25, 0.3) is 0 Å². The summed E-state index contributed by atoms with van der Waals surface area (Å²) < 4.78 is 10.8. The molecule has 1 aliphatic carbocycles. The van der Waals surface area contributed by atoms with E-state index in [0.29, 0.717) is 6.61 Å². The second-order valence-corrected chi connectivity index (χ2v) is 7.61. The number of alkyl carbamates (subject to hydrolysis) is 1. The van der Waals surface area contributed by atoms with Crippen LogP contribution in [0.1, 0.15) is 37.3 Å². The summed E-state index contributed by atoms with van der Waals surface area (Å²) in [5, 5.41) is 14.0. The van der Waals surface area contributed by atoms with Crippen LogP contribution in [0.5, 0.6) is 0 Å². The van der Waals surface area contributed by atoms with Crippen molar-refractivity contribution in [3.63, 3.8) is 0 Å². The van der Waals surface area contributed by atoms with Gasteiger partial charge in [-0.1, -0.05) is 48.5 Å². The number of hydrogen-bond donors (Lipinski definition) is 3. The van der Waals surface area contributed by atoms with E-state index in [4.69, 9.17) is 14.6 Å². The largest absolute Gasteiger partial charge is 0.481 e. The molecule has 1 unspecified atom stereocenters. The molecular weight excluding hydrogens is 412 g/mol. The molecule has 2 atom stereocenters. The third-order valence-electron chi connectivity index (χ3n) is 5.38. The van der Waals surface area contributed by atoms with Gasteiger partial charge in [-0.15, -0.1) is 0 Å². The Bertz CT molecular complexity index is 931. The molecule has 32 heavy (non-hydrogen) atoms. The van der Waals surface area contributed by atoms with E-state index in [-0.39, 0.29) is 25.5 Å². The molecule has 3 N–H and O–H groups in total. The first-order chi connectivity index (χ1) is 15.4. The first-order valence-electron chi connectivity index (χ1n) is 10.6. The summed E-state index contributed by atoms with van der Waals surface area (Å²) in [7, 11) is 0. The number of hydrogen-bond acceptors (Lipinski definition) is 5. The minimum Gasteiger partial charge on any atom is -0.481 e. The zero-order valence-corrected chi connectivity index (χ0v) is 18.2. The number of benzene rings is 2. The van der Waals surface area contributed by atoms with E-state index in [0.717, 1.165) is 22.3 Å². The molecule has 8 nitrogen and oxygen atoms in total. The highest BCUT2D eigenvalue weighted by Crippen LogP contribution is 2.44. The van der Waals surface area contributed by atoms with Gasteiger partial charge in [-0.05, 0) is 36.1 Å². The number of ether oxygens (including phenoxy) is 2. The van der Waals surface area contributed by atoms with Crippen LogP contribution in [0.15, 0.2) is 48.5 Å². The van der Waals surface area contributed by atoms with Gasteiger partial charge in [-0.3, -0.25) is 9.59 Å². The van der Waals surface area contributed by atoms with Crippen LogP contribution in [-0.4, -0.2) is 55.0 Å². The van der Waals surface area contributed by atoms with E-state index < -0.39 is 30.1 Å². The van der Waals surface area contributed by atoms with E-state index in [1.807, 2.05) is 36.4 Å². The highest BCUT2D eigenvalue weighted by atomic mass is 16.5. The standard InChI is InChI=1S/C24H28N2O6/c1-3-31-16(12-22(27)28)13-25-23(29)15(2)26-24(30)32-14-21-19-10-6-4-8-17(19)18-9-5-7-11-20(18)21/h4-11,15-16,21H,3,12-14H2,1-2H3,(H,25,29)(H,26,30)(H,27,28)/t15-,16?/m1/s1. The number of carbonyl (C=O) groups excluding carboxylic acids is 2. The number of aliphatic carboxylic acids is 1. The maximum Gasteiger partial charge on any atom is 0.407 e. The normalized spacial score (nSPS) is 14.1. The topological polar surface area (TPSA) is 114 Å². The van der Waals surface area contributed by atoms with E-state index in [1.54, 1.807) is 6.92 Å². The number of amides is 2. The minimum atomic E-state index is -1.01. The Kier molecular flexibility index (Phi) is 7.83. The number of carboxylic acids is 1. The lowest BCUT2D eigenvalue weighted by Gasteiger charge is -2.19. The van der Waals surface area contributed by atoms with Crippen LogP contribution < -0.4 is 10.6 Å². The fourth-order valence-electron chi connectivity index (χ4n) is 3.87. The number of carbonyl (C=O) groups is 3. The number of nitrogens with one attached hydrogen (secondary N) is 2. The second kappa shape index (κ2) is 10.8. The van der Waals surface area contributed by atoms with Crippen LogP contribution in [0.2, 0.25) is 0 Å². The van der Waals surface area contributed by atoms with Crippen molar-refractivity contribution in [1.82, 2.24) is 10.6 Å². The maximum absolute atomic E-state index is 12.3. The first-order valence-corrected chi connectivity index (χ1v) is 10.6. The van der Waals surface area contributed by atoms with Crippen LogP contribution in [-0.2, 0) is 19.1 Å². The predicted molar refractivity (Wildman–Crippen MR) is 118 cm³/mol. The summed E-state index contributed by atoms with van der Waals surface area (Å²) in [5.74, 6) is -1.53. The van der Waals surface area contributed by atoms with Gasteiger partial charge in [0.15, 0.2) is 0 Å². The summed E-state index contributed by atoms with van der Waals surface area (Å²) in [6.07, 6.45) is -1.55. The number of rotatable bonds is 10. The molecule has 3 rings (SSSR count). The smallest absolute Gasteiger partial charge is 0.407 e. The Morgan fingerprint density at radius 2 is 1.62 bits per heavy atom. The molecule has 8 heteroatoms. The van der Waals surface area contributed by atoms with Gasteiger partial charge >= 0.3 is 12.1 Å². The molecule has 2 amide bonds. The molecule has 0 saturated heterocycles. The van der Waals surface area contributed by atoms with E-state index >= 15 is 0 Å². The van der Waals surface area contributed by atoms with Gasteiger partial charge in [0.05, 0.1) is 12.5 Å². The number of fused-ring (bicyclic) bond motifs is 3. The van der Waals surface area contributed by atoms with Crippen LogP contribution >= 0.6 is 0 Å². The van der Waals surface area contributed by atoms with Gasteiger partial charge in [-0.2, -0.15) is 0 Å². The van der Waals surface area contributed by atoms with Gasteiger partial charge in [0.2, 0.25) is 5.91 Å². The van der Waals surface area contributed by atoms with Crippen molar-refractivity contribution in [2.24, 2.45) is 0 Å². The third kappa shape index (κ3) is 5.64. The summed E-state index contributed by atoms with van der Waals surface area (Å²) in [4.78, 5) is 35.5. The quantitative estimate of drug-likeness (QED) is 0.524. The summed E-state index contributed by atoms with van der Waals surface area (Å²) in [5.41, 5.74) is 4.48.